The number of hydrogen-bond acceptors (Lipinski definition) is 2. The van der Waals surface area contributed by atoms with E-state index in [0.29, 0.717) is 0 Å². The summed E-state index contributed by atoms with van der Waals surface area (Å²) in [4.78, 5) is 12.1. The maximum Gasteiger partial charge on any atom is 0.229 e. The minimum absolute atomic E-state index is 0.0160. The minimum Gasteiger partial charge on any atom is -0.322 e. The van der Waals surface area contributed by atoms with Crippen molar-refractivity contribution < 1.29 is 4.79 Å². The molecular formula is C15H19N3O. The maximum atomic E-state index is 12.1. The molecular weight excluding hydrogens is 238 g/mol. The Morgan fingerprint density at radius 1 is 1.21 bits per heavy atom. The molecule has 4 nitrogen and oxygen atoms in total. The van der Waals surface area contributed by atoms with E-state index in [9.17, 15) is 4.79 Å². The number of hydrogen-bond donors (Lipinski definition) is 1. The van der Waals surface area contributed by atoms with Gasteiger partial charge in [0.1, 0.15) is 0 Å². The molecule has 19 heavy (non-hydrogen) atoms. The Morgan fingerprint density at radius 2 is 1.84 bits per heavy atom. The third kappa shape index (κ3) is 2.84. The van der Waals surface area contributed by atoms with E-state index in [-0.39, 0.29) is 5.91 Å². The molecule has 0 saturated heterocycles. The van der Waals surface area contributed by atoms with Gasteiger partial charge < -0.3 is 5.32 Å². The molecule has 1 N–H and O–H groups in total. The highest BCUT2D eigenvalue weighted by Crippen LogP contribution is 2.28. The molecule has 0 aliphatic carbocycles. The smallest absolute Gasteiger partial charge is 0.229 e. The normalized spacial score (nSPS) is 11.4. The van der Waals surface area contributed by atoms with Crippen molar-refractivity contribution >= 4 is 11.6 Å². The predicted octanol–water partition coefficient (Wildman–Crippen LogP) is 3.07. The second kappa shape index (κ2) is 4.88. The molecule has 1 heterocycles. The first-order chi connectivity index (χ1) is 8.89. The summed E-state index contributed by atoms with van der Waals surface area (Å²) in [6.45, 7) is 5.67. The van der Waals surface area contributed by atoms with Crippen molar-refractivity contribution in [3.05, 3.63) is 36.5 Å². The van der Waals surface area contributed by atoms with Gasteiger partial charge in [-0.2, -0.15) is 5.10 Å². The number of anilines is 1. The molecule has 0 bridgehead atoms. The Morgan fingerprint density at radius 3 is 2.42 bits per heavy atom. The summed E-state index contributed by atoms with van der Waals surface area (Å²) in [7, 11) is 1.87. The van der Waals surface area contributed by atoms with Gasteiger partial charge in [0.15, 0.2) is 0 Å². The molecule has 0 aliphatic heterocycles. The summed E-state index contributed by atoms with van der Waals surface area (Å²) in [5.74, 6) is -0.0160. The molecule has 100 valence electrons. The lowest BCUT2D eigenvalue weighted by Gasteiger charge is -2.17. The van der Waals surface area contributed by atoms with Crippen molar-refractivity contribution in [3.8, 4) is 11.3 Å². The predicted molar refractivity (Wildman–Crippen MR) is 76.7 cm³/mol. The number of carbonyl (C=O) groups is 1. The largest absolute Gasteiger partial charge is 0.322 e. The summed E-state index contributed by atoms with van der Waals surface area (Å²) < 4.78 is 1.77. The highest BCUT2D eigenvalue weighted by Gasteiger charge is 2.23. The van der Waals surface area contributed by atoms with Crippen LogP contribution < -0.4 is 5.32 Å². The Bertz CT molecular complexity index is 579. The van der Waals surface area contributed by atoms with Crippen LogP contribution in [0.4, 0.5) is 5.69 Å². The Kier molecular flexibility index (Phi) is 3.42. The Labute approximate surface area is 113 Å². The number of carbonyl (C=O) groups excluding carboxylic acids is 1. The molecule has 1 amide bonds. The molecule has 0 radical (unpaired) electrons. The first-order valence-corrected chi connectivity index (χ1v) is 6.28. The fraction of sp³-hybridized carbons (Fsp3) is 0.333. The molecule has 0 spiro atoms. The Hall–Kier alpha value is -2.10. The zero-order valence-corrected chi connectivity index (χ0v) is 11.8. The fourth-order valence-corrected chi connectivity index (χ4v) is 1.78. The van der Waals surface area contributed by atoms with Crippen molar-refractivity contribution in [2.75, 3.05) is 5.32 Å². The van der Waals surface area contributed by atoms with Gasteiger partial charge in [0, 0.05) is 18.0 Å². The van der Waals surface area contributed by atoms with Gasteiger partial charge in [0.05, 0.1) is 17.6 Å². The molecule has 0 aliphatic rings. The zero-order valence-electron chi connectivity index (χ0n) is 11.8. The molecule has 0 atom stereocenters. The van der Waals surface area contributed by atoms with E-state index in [1.54, 1.807) is 10.9 Å². The first kappa shape index (κ1) is 13.3. The molecule has 2 aromatic rings. The lowest BCUT2D eigenvalue weighted by molar-refractivity contribution is -0.123. The van der Waals surface area contributed by atoms with Crippen LogP contribution in [-0.2, 0) is 11.8 Å². The number of rotatable bonds is 2. The highest BCUT2D eigenvalue weighted by atomic mass is 16.2. The fourth-order valence-electron chi connectivity index (χ4n) is 1.78. The summed E-state index contributed by atoms with van der Waals surface area (Å²) in [5, 5.41) is 7.18. The number of nitrogens with one attached hydrogen (secondary N) is 1. The third-order valence-corrected chi connectivity index (χ3v) is 2.92. The van der Waals surface area contributed by atoms with Gasteiger partial charge in [0.2, 0.25) is 5.91 Å². The van der Waals surface area contributed by atoms with Gasteiger partial charge >= 0.3 is 0 Å². The van der Waals surface area contributed by atoms with Crippen molar-refractivity contribution in [2.45, 2.75) is 20.8 Å². The molecule has 0 fully saturated rings. The third-order valence-electron chi connectivity index (χ3n) is 2.92. The van der Waals surface area contributed by atoms with E-state index in [1.165, 1.54) is 0 Å². The molecule has 0 saturated carbocycles. The van der Waals surface area contributed by atoms with Gasteiger partial charge in [-0.3, -0.25) is 9.48 Å². The van der Waals surface area contributed by atoms with Crippen molar-refractivity contribution in [2.24, 2.45) is 12.5 Å². The van der Waals surface area contributed by atoms with Gasteiger partial charge in [-0.25, -0.2) is 0 Å². The molecule has 2 rings (SSSR count). The number of aryl methyl sites for hydroxylation is 1. The van der Waals surface area contributed by atoms with Gasteiger partial charge in [-0.05, 0) is 0 Å². The van der Waals surface area contributed by atoms with Gasteiger partial charge in [0.25, 0.3) is 0 Å². The SMILES string of the molecule is Cn1ncc(NC(=O)C(C)(C)C)c1-c1ccccc1. The van der Waals surface area contributed by atoms with Crippen LogP contribution in [0.2, 0.25) is 0 Å². The summed E-state index contributed by atoms with van der Waals surface area (Å²) in [6, 6.07) is 9.91. The van der Waals surface area contributed by atoms with Crippen LogP contribution in [0.1, 0.15) is 20.8 Å². The van der Waals surface area contributed by atoms with E-state index in [1.807, 2.05) is 58.2 Å². The van der Waals surface area contributed by atoms with Crippen molar-refractivity contribution in [3.63, 3.8) is 0 Å². The van der Waals surface area contributed by atoms with E-state index in [2.05, 4.69) is 10.4 Å². The topological polar surface area (TPSA) is 46.9 Å². The first-order valence-electron chi connectivity index (χ1n) is 6.28. The van der Waals surface area contributed by atoms with E-state index in [0.717, 1.165) is 16.9 Å². The van der Waals surface area contributed by atoms with Crippen molar-refractivity contribution in [1.29, 1.82) is 0 Å². The lowest BCUT2D eigenvalue weighted by Crippen LogP contribution is -2.27. The van der Waals surface area contributed by atoms with E-state index in [4.69, 9.17) is 0 Å². The second-order valence-corrected chi connectivity index (χ2v) is 5.60. The Balaban J connectivity index is 2.37. The number of aromatic nitrogens is 2. The van der Waals surface area contributed by atoms with Crippen LogP contribution in [0.15, 0.2) is 36.5 Å². The second-order valence-electron chi connectivity index (χ2n) is 5.60. The van der Waals surface area contributed by atoms with Crippen LogP contribution in [-0.4, -0.2) is 15.7 Å². The number of benzene rings is 1. The van der Waals surface area contributed by atoms with E-state index >= 15 is 0 Å². The van der Waals surface area contributed by atoms with Crippen LogP contribution in [0.3, 0.4) is 0 Å². The quantitative estimate of drug-likeness (QED) is 0.898. The molecule has 1 aromatic heterocycles. The average molecular weight is 257 g/mol. The lowest BCUT2D eigenvalue weighted by atomic mass is 9.95. The van der Waals surface area contributed by atoms with Gasteiger partial charge in [-0.15, -0.1) is 0 Å². The van der Waals surface area contributed by atoms with Crippen LogP contribution in [0.25, 0.3) is 11.3 Å². The van der Waals surface area contributed by atoms with Crippen molar-refractivity contribution in [1.82, 2.24) is 9.78 Å². The number of amides is 1. The van der Waals surface area contributed by atoms with Crippen LogP contribution >= 0.6 is 0 Å². The molecule has 0 unspecified atom stereocenters. The van der Waals surface area contributed by atoms with Crippen LogP contribution in [0.5, 0.6) is 0 Å². The monoisotopic (exact) mass is 257 g/mol. The van der Waals surface area contributed by atoms with Crippen LogP contribution in [0, 0.1) is 5.41 Å². The molecule has 1 aromatic carbocycles. The summed E-state index contributed by atoms with van der Waals surface area (Å²) in [5.41, 5.74) is 2.27. The van der Waals surface area contributed by atoms with E-state index < -0.39 is 5.41 Å². The summed E-state index contributed by atoms with van der Waals surface area (Å²) in [6.07, 6.45) is 1.69. The highest BCUT2D eigenvalue weighted by molar-refractivity contribution is 5.97. The summed E-state index contributed by atoms with van der Waals surface area (Å²) >= 11 is 0. The van der Waals surface area contributed by atoms with Gasteiger partial charge in [-0.1, -0.05) is 51.1 Å². The number of nitrogens with zero attached hydrogens (tertiary/aromatic N) is 2. The standard InChI is InChI=1S/C15H19N3O/c1-15(2,3)14(19)17-12-10-16-18(4)13(12)11-8-6-5-7-9-11/h5-10H,1-4H3,(H,17,19). The molecule has 4 heteroatoms. The zero-order chi connectivity index (χ0) is 14.0. The average Bonchev–Trinajstić information content (AvgIpc) is 2.70. The minimum atomic E-state index is -0.427. The maximum absolute atomic E-state index is 12.1.